The molecule has 3 heteroatoms. The highest BCUT2D eigenvalue weighted by Crippen LogP contribution is 2.21. The molecule has 1 saturated heterocycles. The van der Waals surface area contributed by atoms with E-state index in [1.807, 2.05) is 24.3 Å². The normalized spacial score (nSPS) is 18.0. The molecule has 0 N–H and O–H groups in total. The van der Waals surface area contributed by atoms with Gasteiger partial charge in [0, 0.05) is 13.1 Å². The summed E-state index contributed by atoms with van der Waals surface area (Å²) < 4.78 is 0. The van der Waals surface area contributed by atoms with Gasteiger partial charge in [0.1, 0.15) is 0 Å². The van der Waals surface area contributed by atoms with Crippen LogP contribution in [0.25, 0.3) is 0 Å². The van der Waals surface area contributed by atoms with Crippen molar-refractivity contribution in [3.8, 4) is 0 Å². The van der Waals surface area contributed by atoms with E-state index in [0.29, 0.717) is 0 Å². The first kappa shape index (κ1) is 12.1. The van der Waals surface area contributed by atoms with Gasteiger partial charge in [-0.2, -0.15) is 0 Å². The Labute approximate surface area is 103 Å². The SMILES string of the molecule is Cc1ccc(N(C=O)N2CCC(C)CC2)cc1. The minimum Gasteiger partial charge on any atom is -0.277 e. The molecule has 0 radical (unpaired) electrons. The van der Waals surface area contributed by atoms with E-state index in [-0.39, 0.29) is 0 Å². The van der Waals surface area contributed by atoms with Crippen LogP contribution in [0.1, 0.15) is 25.3 Å². The van der Waals surface area contributed by atoms with Gasteiger partial charge in [-0.1, -0.05) is 24.6 Å². The standard InChI is InChI=1S/C14H20N2O/c1-12-3-5-14(6-4-12)16(11-17)15-9-7-13(2)8-10-15/h3-6,11,13H,7-10H2,1-2H3. The maximum Gasteiger partial charge on any atom is 0.228 e. The van der Waals surface area contributed by atoms with Crippen molar-refractivity contribution in [1.29, 1.82) is 0 Å². The minimum atomic E-state index is 0.776. The van der Waals surface area contributed by atoms with E-state index < -0.39 is 0 Å². The lowest BCUT2D eigenvalue weighted by Crippen LogP contribution is -2.46. The Morgan fingerprint density at radius 1 is 1.24 bits per heavy atom. The number of hydrogen-bond acceptors (Lipinski definition) is 2. The molecule has 17 heavy (non-hydrogen) atoms. The molecule has 0 saturated carbocycles. The van der Waals surface area contributed by atoms with Crippen LogP contribution in [0.5, 0.6) is 0 Å². The Morgan fingerprint density at radius 3 is 2.35 bits per heavy atom. The molecule has 1 aromatic rings. The van der Waals surface area contributed by atoms with Crippen LogP contribution < -0.4 is 5.01 Å². The number of hydrogen-bond donors (Lipinski definition) is 0. The van der Waals surface area contributed by atoms with Crippen LogP contribution in [0, 0.1) is 12.8 Å². The van der Waals surface area contributed by atoms with Crippen molar-refractivity contribution in [2.75, 3.05) is 18.1 Å². The monoisotopic (exact) mass is 232 g/mol. The van der Waals surface area contributed by atoms with Crippen molar-refractivity contribution in [3.05, 3.63) is 29.8 Å². The van der Waals surface area contributed by atoms with Gasteiger partial charge in [-0.05, 0) is 37.8 Å². The van der Waals surface area contributed by atoms with Gasteiger partial charge < -0.3 is 0 Å². The fourth-order valence-corrected chi connectivity index (χ4v) is 2.20. The van der Waals surface area contributed by atoms with Crippen molar-refractivity contribution in [1.82, 2.24) is 5.01 Å². The molecule has 1 aromatic carbocycles. The molecule has 2 rings (SSSR count). The second-order valence-corrected chi connectivity index (χ2v) is 4.92. The number of carbonyl (C=O) groups is 1. The Balaban J connectivity index is 2.10. The molecular weight excluding hydrogens is 212 g/mol. The number of carbonyl (C=O) groups excluding carboxylic acids is 1. The van der Waals surface area contributed by atoms with E-state index in [1.165, 1.54) is 5.56 Å². The molecule has 92 valence electrons. The van der Waals surface area contributed by atoms with E-state index in [9.17, 15) is 4.79 Å². The summed E-state index contributed by atoms with van der Waals surface area (Å²) >= 11 is 0. The molecule has 0 aliphatic carbocycles. The van der Waals surface area contributed by atoms with E-state index in [0.717, 1.165) is 43.9 Å². The molecule has 3 nitrogen and oxygen atoms in total. The molecule has 1 aliphatic rings. The fourth-order valence-electron chi connectivity index (χ4n) is 2.20. The molecule has 1 heterocycles. The predicted octanol–water partition coefficient (Wildman–Crippen LogP) is 2.60. The zero-order chi connectivity index (χ0) is 12.3. The number of piperidine rings is 1. The van der Waals surface area contributed by atoms with Crippen LogP contribution in [-0.2, 0) is 4.79 Å². The average Bonchev–Trinajstić information content (AvgIpc) is 2.35. The zero-order valence-corrected chi connectivity index (χ0v) is 10.6. The molecule has 0 bridgehead atoms. The van der Waals surface area contributed by atoms with Gasteiger partial charge >= 0.3 is 0 Å². The number of hydrazine groups is 1. The third-order valence-electron chi connectivity index (χ3n) is 3.46. The Morgan fingerprint density at radius 2 is 1.82 bits per heavy atom. The summed E-state index contributed by atoms with van der Waals surface area (Å²) in [6, 6.07) is 8.08. The Hall–Kier alpha value is -1.35. The summed E-state index contributed by atoms with van der Waals surface area (Å²) in [5, 5.41) is 3.88. The van der Waals surface area contributed by atoms with Crippen LogP contribution in [0.2, 0.25) is 0 Å². The summed E-state index contributed by atoms with van der Waals surface area (Å²) in [6.07, 6.45) is 3.24. The van der Waals surface area contributed by atoms with E-state index >= 15 is 0 Å². The molecule has 1 aliphatic heterocycles. The Bertz CT molecular complexity index is 366. The third kappa shape index (κ3) is 2.86. The van der Waals surface area contributed by atoms with Gasteiger partial charge in [0.15, 0.2) is 0 Å². The predicted molar refractivity (Wildman–Crippen MR) is 69.7 cm³/mol. The van der Waals surface area contributed by atoms with Crippen molar-refractivity contribution in [3.63, 3.8) is 0 Å². The van der Waals surface area contributed by atoms with Gasteiger partial charge in [-0.25, -0.2) is 10.0 Å². The smallest absolute Gasteiger partial charge is 0.228 e. The number of aryl methyl sites for hydroxylation is 1. The highest BCUT2D eigenvalue weighted by atomic mass is 16.1. The number of anilines is 1. The topological polar surface area (TPSA) is 23.6 Å². The molecule has 1 fully saturated rings. The second kappa shape index (κ2) is 5.32. The van der Waals surface area contributed by atoms with Crippen molar-refractivity contribution in [2.24, 2.45) is 5.92 Å². The van der Waals surface area contributed by atoms with Crippen LogP contribution in [-0.4, -0.2) is 24.5 Å². The summed E-state index contributed by atoms with van der Waals surface area (Å²) in [5.41, 5.74) is 2.17. The number of nitrogens with zero attached hydrogens (tertiary/aromatic N) is 2. The first-order valence-corrected chi connectivity index (χ1v) is 6.27. The highest BCUT2D eigenvalue weighted by molar-refractivity contribution is 5.73. The lowest BCUT2D eigenvalue weighted by molar-refractivity contribution is -0.110. The number of rotatable bonds is 3. The summed E-state index contributed by atoms with van der Waals surface area (Å²) in [7, 11) is 0. The fraction of sp³-hybridized carbons (Fsp3) is 0.500. The summed E-state index contributed by atoms with van der Waals surface area (Å²) in [6.45, 7) is 6.26. The van der Waals surface area contributed by atoms with Gasteiger partial charge in [0.2, 0.25) is 6.41 Å². The molecule has 0 spiro atoms. The van der Waals surface area contributed by atoms with Gasteiger partial charge in [-0.3, -0.25) is 4.79 Å². The van der Waals surface area contributed by atoms with E-state index in [2.05, 4.69) is 18.9 Å². The first-order valence-electron chi connectivity index (χ1n) is 6.27. The summed E-state index contributed by atoms with van der Waals surface area (Å²) in [4.78, 5) is 11.3. The lowest BCUT2D eigenvalue weighted by Gasteiger charge is -2.36. The maximum atomic E-state index is 11.3. The zero-order valence-electron chi connectivity index (χ0n) is 10.6. The van der Waals surface area contributed by atoms with E-state index in [1.54, 1.807) is 5.01 Å². The van der Waals surface area contributed by atoms with Crippen LogP contribution in [0.4, 0.5) is 5.69 Å². The first-order chi connectivity index (χ1) is 8.20. The number of amides is 1. The van der Waals surface area contributed by atoms with Gasteiger partial charge in [-0.15, -0.1) is 0 Å². The molecular formula is C14H20N2O. The largest absolute Gasteiger partial charge is 0.277 e. The highest BCUT2D eigenvalue weighted by Gasteiger charge is 2.21. The lowest BCUT2D eigenvalue weighted by atomic mass is 10.0. The summed E-state index contributed by atoms with van der Waals surface area (Å²) in [5.74, 6) is 0.776. The number of benzene rings is 1. The van der Waals surface area contributed by atoms with E-state index in [4.69, 9.17) is 0 Å². The van der Waals surface area contributed by atoms with Crippen LogP contribution in [0.3, 0.4) is 0 Å². The average molecular weight is 232 g/mol. The Kier molecular flexibility index (Phi) is 3.79. The van der Waals surface area contributed by atoms with Crippen LogP contribution in [0.15, 0.2) is 24.3 Å². The third-order valence-corrected chi connectivity index (χ3v) is 3.46. The molecule has 0 aromatic heterocycles. The van der Waals surface area contributed by atoms with Gasteiger partial charge in [0.05, 0.1) is 5.69 Å². The quantitative estimate of drug-likeness (QED) is 0.748. The van der Waals surface area contributed by atoms with Crippen molar-refractivity contribution < 1.29 is 4.79 Å². The van der Waals surface area contributed by atoms with Gasteiger partial charge in [0.25, 0.3) is 0 Å². The second-order valence-electron chi connectivity index (χ2n) is 4.92. The van der Waals surface area contributed by atoms with Crippen molar-refractivity contribution >= 4 is 12.1 Å². The van der Waals surface area contributed by atoms with Crippen LogP contribution >= 0.6 is 0 Å². The molecule has 1 amide bonds. The maximum absolute atomic E-state index is 11.3. The van der Waals surface area contributed by atoms with Crippen molar-refractivity contribution in [2.45, 2.75) is 26.7 Å². The molecule has 0 unspecified atom stereocenters. The molecule has 0 atom stereocenters. The minimum absolute atomic E-state index is 0.776.